The fourth-order valence-corrected chi connectivity index (χ4v) is 4.53. The number of aliphatic imine (C=N–C) groups is 1. The van der Waals surface area contributed by atoms with Gasteiger partial charge in [0.05, 0.1) is 35.9 Å². The summed E-state index contributed by atoms with van der Waals surface area (Å²) in [6.45, 7) is 0.307. The first-order chi connectivity index (χ1) is 17.0. The van der Waals surface area contributed by atoms with Crippen molar-refractivity contribution in [1.82, 2.24) is 0 Å². The molecule has 0 spiro atoms. The number of hydrogen-bond donors (Lipinski definition) is 0. The highest BCUT2D eigenvalue weighted by molar-refractivity contribution is 6.14. The number of amides is 1. The third-order valence-corrected chi connectivity index (χ3v) is 6.08. The predicted octanol–water partition coefficient (Wildman–Crippen LogP) is 4.62. The molecular weight excluding hydrogens is 450 g/mol. The van der Waals surface area contributed by atoms with Crippen LogP contribution in [0.3, 0.4) is 0 Å². The van der Waals surface area contributed by atoms with Gasteiger partial charge in [-0.05, 0) is 34.9 Å². The predicted molar refractivity (Wildman–Crippen MR) is 130 cm³/mol. The van der Waals surface area contributed by atoms with Crippen LogP contribution in [-0.2, 0) is 24.4 Å². The number of carbonyl (C=O) groups is 1. The Morgan fingerprint density at radius 3 is 2.57 bits per heavy atom. The third kappa shape index (κ3) is 4.22. The zero-order valence-electron chi connectivity index (χ0n) is 19.3. The molecule has 3 aromatic carbocycles. The molecule has 0 unspecified atom stereocenters. The topological polar surface area (TPSA) is 104 Å². The van der Waals surface area contributed by atoms with Crippen LogP contribution in [0.25, 0.3) is 0 Å². The summed E-state index contributed by atoms with van der Waals surface area (Å²) < 4.78 is 16.6. The van der Waals surface area contributed by atoms with Crippen LogP contribution < -0.4 is 14.4 Å². The van der Waals surface area contributed by atoms with Crippen molar-refractivity contribution < 1.29 is 23.9 Å². The van der Waals surface area contributed by atoms with Gasteiger partial charge in [-0.3, -0.25) is 24.8 Å². The fraction of sp³-hybridized carbons (Fsp3) is 0.231. The number of benzene rings is 3. The highest BCUT2D eigenvalue weighted by Crippen LogP contribution is 2.41. The highest BCUT2D eigenvalue weighted by atomic mass is 16.6. The fourth-order valence-electron chi connectivity index (χ4n) is 4.53. The van der Waals surface area contributed by atoms with E-state index in [0.29, 0.717) is 40.3 Å². The van der Waals surface area contributed by atoms with Crippen molar-refractivity contribution in [2.24, 2.45) is 4.99 Å². The Morgan fingerprint density at radius 1 is 1.06 bits per heavy atom. The standard InChI is InChI=1S/C26H23N3O6/c1-33-14-16-7-17(9-19(8-16)29(31)32)15-35-25-12-22-21(11-24(25)34-2)26(30)28-20(13-27-22)10-18-5-3-4-6-23(18)28/h3-9,11-13,20H,10,14-15H2,1-2H3/t20-/m0/s1. The van der Waals surface area contributed by atoms with Crippen molar-refractivity contribution in [2.75, 3.05) is 19.1 Å². The summed E-state index contributed by atoms with van der Waals surface area (Å²) in [5.74, 6) is 0.611. The molecule has 5 rings (SSSR count). The van der Waals surface area contributed by atoms with E-state index in [-0.39, 0.29) is 30.9 Å². The van der Waals surface area contributed by atoms with Crippen molar-refractivity contribution in [1.29, 1.82) is 0 Å². The number of anilines is 1. The number of para-hydroxylation sites is 1. The van der Waals surface area contributed by atoms with Crippen molar-refractivity contribution in [3.8, 4) is 11.5 Å². The summed E-state index contributed by atoms with van der Waals surface area (Å²) >= 11 is 0. The molecule has 0 fully saturated rings. The zero-order chi connectivity index (χ0) is 24.5. The zero-order valence-corrected chi connectivity index (χ0v) is 19.3. The number of ether oxygens (including phenoxy) is 3. The van der Waals surface area contributed by atoms with Crippen LogP contribution in [0.5, 0.6) is 11.5 Å². The lowest BCUT2D eigenvalue weighted by Gasteiger charge is -2.22. The molecule has 2 aliphatic rings. The molecule has 0 bridgehead atoms. The minimum absolute atomic E-state index is 0.0388. The maximum absolute atomic E-state index is 13.5. The Kier molecular flexibility index (Phi) is 5.92. The van der Waals surface area contributed by atoms with Gasteiger partial charge in [-0.1, -0.05) is 18.2 Å². The molecule has 3 aromatic rings. The summed E-state index contributed by atoms with van der Waals surface area (Å²) in [4.78, 5) is 30.8. The van der Waals surface area contributed by atoms with Gasteiger partial charge in [-0.15, -0.1) is 0 Å². The van der Waals surface area contributed by atoms with Gasteiger partial charge >= 0.3 is 0 Å². The number of nitro benzene ring substituents is 1. The van der Waals surface area contributed by atoms with Gasteiger partial charge in [-0.25, -0.2) is 0 Å². The minimum atomic E-state index is -0.448. The lowest BCUT2D eigenvalue weighted by molar-refractivity contribution is -0.385. The van der Waals surface area contributed by atoms with Crippen molar-refractivity contribution in [3.63, 3.8) is 0 Å². The largest absolute Gasteiger partial charge is 0.493 e. The number of nitro groups is 1. The molecule has 178 valence electrons. The van der Waals surface area contributed by atoms with E-state index in [9.17, 15) is 14.9 Å². The molecule has 0 radical (unpaired) electrons. The van der Waals surface area contributed by atoms with Crippen molar-refractivity contribution in [2.45, 2.75) is 25.7 Å². The monoisotopic (exact) mass is 473 g/mol. The van der Waals surface area contributed by atoms with Crippen molar-refractivity contribution >= 4 is 29.2 Å². The molecule has 9 nitrogen and oxygen atoms in total. The Labute approximate surface area is 201 Å². The summed E-state index contributed by atoms with van der Waals surface area (Å²) in [5, 5.41) is 11.3. The van der Waals surface area contributed by atoms with E-state index in [1.807, 2.05) is 24.3 Å². The van der Waals surface area contributed by atoms with Gasteiger partial charge in [-0.2, -0.15) is 0 Å². The van der Waals surface area contributed by atoms with Gasteiger partial charge in [0, 0.05) is 43.6 Å². The molecule has 0 saturated carbocycles. The lowest BCUT2D eigenvalue weighted by atomic mass is 10.1. The number of methoxy groups -OCH3 is 2. The number of fused-ring (bicyclic) bond motifs is 4. The maximum Gasteiger partial charge on any atom is 0.270 e. The number of non-ortho nitro benzene ring substituents is 1. The summed E-state index contributed by atoms with van der Waals surface area (Å²) in [6.07, 6.45) is 2.49. The second kappa shape index (κ2) is 9.19. The Hall–Kier alpha value is -4.24. The second-order valence-electron chi connectivity index (χ2n) is 8.36. The first-order valence-corrected chi connectivity index (χ1v) is 11.0. The average Bonchev–Trinajstić information content (AvgIpc) is 3.18. The van der Waals surface area contributed by atoms with E-state index in [0.717, 1.165) is 11.3 Å². The van der Waals surface area contributed by atoms with E-state index in [1.54, 1.807) is 29.3 Å². The first kappa shape index (κ1) is 22.5. The van der Waals surface area contributed by atoms with Gasteiger partial charge in [0.25, 0.3) is 11.6 Å². The van der Waals surface area contributed by atoms with E-state index in [4.69, 9.17) is 14.2 Å². The van der Waals surface area contributed by atoms with E-state index < -0.39 is 4.92 Å². The molecule has 1 atom stereocenters. The molecule has 0 aliphatic carbocycles. The summed E-state index contributed by atoms with van der Waals surface area (Å²) in [7, 11) is 3.03. The first-order valence-electron chi connectivity index (χ1n) is 11.0. The molecule has 2 heterocycles. The molecule has 1 amide bonds. The maximum atomic E-state index is 13.5. The number of rotatable bonds is 7. The molecule has 2 aliphatic heterocycles. The smallest absolute Gasteiger partial charge is 0.270 e. The van der Waals surface area contributed by atoms with Crippen molar-refractivity contribution in [3.05, 3.63) is 87.0 Å². The van der Waals surface area contributed by atoms with E-state index in [1.165, 1.54) is 26.4 Å². The van der Waals surface area contributed by atoms with Gasteiger partial charge in [0.2, 0.25) is 0 Å². The van der Waals surface area contributed by atoms with Crippen LogP contribution in [0, 0.1) is 10.1 Å². The highest BCUT2D eigenvalue weighted by Gasteiger charge is 2.36. The molecule has 0 saturated heterocycles. The SMILES string of the molecule is COCc1cc(COc2cc3c(cc2OC)C(=O)N2c4ccccc4C[C@H]2C=N3)cc([N+](=O)[O-])c1. The minimum Gasteiger partial charge on any atom is -0.493 e. The second-order valence-corrected chi connectivity index (χ2v) is 8.36. The summed E-state index contributed by atoms with van der Waals surface area (Å²) in [5.41, 5.74) is 4.14. The molecule has 0 aromatic heterocycles. The van der Waals surface area contributed by atoms with Gasteiger partial charge < -0.3 is 14.2 Å². The Morgan fingerprint density at radius 2 is 1.83 bits per heavy atom. The molecule has 9 heteroatoms. The van der Waals surface area contributed by atoms with Crippen LogP contribution in [-0.4, -0.2) is 37.3 Å². The van der Waals surface area contributed by atoms with E-state index in [2.05, 4.69) is 4.99 Å². The van der Waals surface area contributed by atoms with Gasteiger partial charge in [0.15, 0.2) is 11.5 Å². The van der Waals surface area contributed by atoms with E-state index >= 15 is 0 Å². The number of carbonyl (C=O) groups excluding carboxylic acids is 1. The molecule has 0 N–H and O–H groups in total. The van der Waals surface area contributed by atoms with Crippen LogP contribution >= 0.6 is 0 Å². The van der Waals surface area contributed by atoms with Gasteiger partial charge in [0.1, 0.15) is 6.61 Å². The normalized spacial score (nSPS) is 15.8. The quantitative estimate of drug-likeness (QED) is 0.367. The van der Waals surface area contributed by atoms with Crippen LogP contribution in [0.1, 0.15) is 27.0 Å². The summed E-state index contributed by atoms with van der Waals surface area (Å²) in [6, 6.07) is 15.7. The molecular formula is C26H23N3O6. The lowest BCUT2D eigenvalue weighted by Crippen LogP contribution is -2.37. The van der Waals surface area contributed by atoms with Crippen LogP contribution in [0.4, 0.5) is 17.1 Å². The number of nitrogens with zero attached hydrogens (tertiary/aromatic N) is 3. The third-order valence-electron chi connectivity index (χ3n) is 6.08. The Balaban J connectivity index is 1.45. The molecule has 35 heavy (non-hydrogen) atoms. The number of hydrogen-bond acceptors (Lipinski definition) is 7. The van der Waals surface area contributed by atoms with Crippen LogP contribution in [0.15, 0.2) is 59.6 Å². The van der Waals surface area contributed by atoms with Crippen LogP contribution in [0.2, 0.25) is 0 Å². The average molecular weight is 473 g/mol. The Bertz CT molecular complexity index is 1350.